The maximum Gasteiger partial charge on any atom is 0.317 e. The number of carboxylic acids is 1. The average molecular weight is 225 g/mol. The zero-order valence-electron chi connectivity index (χ0n) is 8.56. The second-order valence-electron chi connectivity index (χ2n) is 3.98. The van der Waals surface area contributed by atoms with E-state index in [0.29, 0.717) is 6.04 Å². The minimum absolute atomic E-state index is 0.189. The van der Waals surface area contributed by atoms with Crippen LogP contribution in [0.5, 0.6) is 0 Å². The lowest BCUT2D eigenvalue weighted by molar-refractivity contribution is -0.138. The van der Waals surface area contributed by atoms with Crippen molar-refractivity contribution in [1.29, 1.82) is 0 Å². The van der Waals surface area contributed by atoms with Gasteiger partial charge in [-0.3, -0.25) is 9.69 Å². The summed E-state index contributed by atoms with van der Waals surface area (Å²) in [7, 11) is 0. The van der Waals surface area contributed by atoms with E-state index >= 15 is 0 Å². The summed E-state index contributed by atoms with van der Waals surface area (Å²) in [6, 6.07) is 2.64. The zero-order valence-corrected chi connectivity index (χ0v) is 9.37. The molecule has 1 N–H and O–H groups in total. The van der Waals surface area contributed by atoms with Crippen LogP contribution in [0.3, 0.4) is 0 Å². The van der Waals surface area contributed by atoms with Gasteiger partial charge in [-0.1, -0.05) is 0 Å². The van der Waals surface area contributed by atoms with Gasteiger partial charge in [-0.25, -0.2) is 0 Å². The van der Waals surface area contributed by atoms with Crippen LogP contribution in [0.1, 0.15) is 18.4 Å². The van der Waals surface area contributed by atoms with E-state index in [2.05, 4.69) is 21.7 Å². The Morgan fingerprint density at radius 2 is 2.40 bits per heavy atom. The summed E-state index contributed by atoms with van der Waals surface area (Å²) in [5.74, 6) is -0.716. The zero-order chi connectivity index (χ0) is 10.7. The topological polar surface area (TPSA) is 40.5 Å². The van der Waals surface area contributed by atoms with E-state index in [1.54, 1.807) is 11.3 Å². The van der Waals surface area contributed by atoms with Gasteiger partial charge in [0.05, 0.1) is 6.54 Å². The lowest BCUT2D eigenvalue weighted by atomic mass is 10.2. The summed E-state index contributed by atoms with van der Waals surface area (Å²) in [4.78, 5) is 12.7. The average Bonchev–Trinajstić information content (AvgIpc) is 2.90. The molecular weight excluding hydrogens is 210 g/mol. The molecule has 0 radical (unpaired) electrons. The van der Waals surface area contributed by atoms with E-state index in [9.17, 15) is 4.79 Å². The molecule has 0 amide bonds. The van der Waals surface area contributed by atoms with Crippen LogP contribution in [0.15, 0.2) is 16.8 Å². The molecule has 2 rings (SSSR count). The van der Waals surface area contributed by atoms with Crippen molar-refractivity contribution in [2.45, 2.75) is 25.3 Å². The number of carbonyl (C=O) groups is 1. The van der Waals surface area contributed by atoms with Crippen LogP contribution in [0.4, 0.5) is 0 Å². The van der Waals surface area contributed by atoms with Gasteiger partial charge in [0, 0.05) is 12.6 Å². The standard InChI is InChI=1S/C11H15NO2S/c13-11(14)7-12(10-1-2-10)5-3-9-4-6-15-8-9/h4,6,8,10H,1-3,5,7H2,(H,13,14). The SMILES string of the molecule is O=C(O)CN(CCc1ccsc1)C1CC1. The van der Waals surface area contributed by atoms with Crippen molar-refractivity contribution in [3.05, 3.63) is 22.4 Å². The molecule has 0 bridgehead atoms. The number of hydrogen-bond acceptors (Lipinski definition) is 3. The third-order valence-electron chi connectivity index (χ3n) is 2.67. The molecule has 1 saturated carbocycles. The molecule has 0 atom stereocenters. The van der Waals surface area contributed by atoms with Crippen LogP contribution < -0.4 is 0 Å². The summed E-state index contributed by atoms with van der Waals surface area (Å²) in [5, 5.41) is 13.0. The predicted octanol–water partition coefficient (Wildman–Crippen LogP) is 1.84. The molecule has 1 fully saturated rings. The molecule has 0 unspecified atom stereocenters. The molecule has 82 valence electrons. The van der Waals surface area contributed by atoms with Crippen molar-refractivity contribution in [1.82, 2.24) is 4.90 Å². The van der Waals surface area contributed by atoms with Crippen molar-refractivity contribution in [3.63, 3.8) is 0 Å². The first-order valence-corrected chi connectivity index (χ1v) is 6.17. The molecule has 0 aliphatic heterocycles. The fourth-order valence-corrected chi connectivity index (χ4v) is 2.41. The Morgan fingerprint density at radius 3 is 2.93 bits per heavy atom. The highest BCUT2D eigenvalue weighted by Crippen LogP contribution is 2.26. The second-order valence-corrected chi connectivity index (χ2v) is 4.76. The second kappa shape index (κ2) is 4.77. The van der Waals surface area contributed by atoms with E-state index in [0.717, 1.165) is 25.8 Å². The lowest BCUT2D eigenvalue weighted by Gasteiger charge is -2.18. The maximum atomic E-state index is 10.7. The summed E-state index contributed by atoms with van der Waals surface area (Å²) in [6.45, 7) is 1.06. The predicted molar refractivity (Wildman–Crippen MR) is 60.3 cm³/mol. The minimum atomic E-state index is -0.716. The van der Waals surface area contributed by atoms with Gasteiger partial charge in [0.25, 0.3) is 0 Å². The molecular formula is C11H15NO2S. The van der Waals surface area contributed by atoms with E-state index in [1.165, 1.54) is 5.56 Å². The fourth-order valence-electron chi connectivity index (χ4n) is 1.71. The van der Waals surface area contributed by atoms with Crippen molar-refractivity contribution in [2.75, 3.05) is 13.1 Å². The number of nitrogens with zero attached hydrogens (tertiary/aromatic N) is 1. The van der Waals surface area contributed by atoms with Crippen LogP contribution in [-0.4, -0.2) is 35.1 Å². The van der Waals surface area contributed by atoms with Gasteiger partial charge >= 0.3 is 5.97 Å². The lowest BCUT2D eigenvalue weighted by Crippen LogP contribution is -2.33. The summed E-state index contributed by atoms with van der Waals surface area (Å²) in [6.07, 6.45) is 3.29. The van der Waals surface area contributed by atoms with E-state index in [4.69, 9.17) is 5.11 Å². The van der Waals surface area contributed by atoms with Crippen molar-refractivity contribution in [2.24, 2.45) is 0 Å². The van der Waals surface area contributed by atoms with E-state index < -0.39 is 5.97 Å². The third kappa shape index (κ3) is 3.32. The molecule has 0 saturated heterocycles. The van der Waals surface area contributed by atoms with Gasteiger partial charge in [-0.05, 0) is 41.7 Å². The molecule has 1 aliphatic rings. The molecule has 15 heavy (non-hydrogen) atoms. The van der Waals surface area contributed by atoms with Crippen molar-refractivity contribution in [3.8, 4) is 0 Å². The minimum Gasteiger partial charge on any atom is -0.480 e. The number of hydrogen-bond donors (Lipinski definition) is 1. The Kier molecular flexibility index (Phi) is 3.38. The quantitative estimate of drug-likeness (QED) is 0.803. The Hall–Kier alpha value is -0.870. The van der Waals surface area contributed by atoms with Crippen LogP contribution in [0.2, 0.25) is 0 Å². The smallest absolute Gasteiger partial charge is 0.317 e. The van der Waals surface area contributed by atoms with Gasteiger partial charge in [-0.15, -0.1) is 0 Å². The molecule has 4 heteroatoms. The van der Waals surface area contributed by atoms with Gasteiger partial charge in [0.1, 0.15) is 0 Å². The van der Waals surface area contributed by atoms with E-state index in [-0.39, 0.29) is 6.54 Å². The number of carboxylic acid groups (broad SMARTS) is 1. The Morgan fingerprint density at radius 1 is 1.60 bits per heavy atom. The monoisotopic (exact) mass is 225 g/mol. The number of thiophene rings is 1. The van der Waals surface area contributed by atoms with E-state index in [1.807, 2.05) is 0 Å². The summed E-state index contributed by atoms with van der Waals surface area (Å²) >= 11 is 1.69. The van der Waals surface area contributed by atoms with Crippen LogP contribution in [0, 0.1) is 0 Å². The first-order valence-electron chi connectivity index (χ1n) is 5.22. The largest absolute Gasteiger partial charge is 0.480 e. The molecule has 0 spiro atoms. The van der Waals surface area contributed by atoms with Gasteiger partial charge in [0.15, 0.2) is 0 Å². The molecule has 1 aromatic heterocycles. The third-order valence-corrected chi connectivity index (χ3v) is 3.40. The molecule has 1 heterocycles. The molecule has 1 aromatic rings. The highest BCUT2D eigenvalue weighted by atomic mass is 32.1. The van der Waals surface area contributed by atoms with Crippen molar-refractivity contribution >= 4 is 17.3 Å². The van der Waals surface area contributed by atoms with Crippen molar-refractivity contribution < 1.29 is 9.90 Å². The molecule has 3 nitrogen and oxygen atoms in total. The normalized spacial score (nSPS) is 15.8. The van der Waals surface area contributed by atoms with Crippen LogP contribution in [-0.2, 0) is 11.2 Å². The van der Waals surface area contributed by atoms with Gasteiger partial charge in [0.2, 0.25) is 0 Å². The Balaban J connectivity index is 1.81. The Labute approximate surface area is 93.3 Å². The fraction of sp³-hybridized carbons (Fsp3) is 0.545. The van der Waals surface area contributed by atoms with Gasteiger partial charge < -0.3 is 5.11 Å². The first-order chi connectivity index (χ1) is 7.25. The Bertz CT molecular complexity index is 319. The van der Waals surface area contributed by atoms with Crippen LogP contribution >= 0.6 is 11.3 Å². The first kappa shape index (κ1) is 10.6. The van der Waals surface area contributed by atoms with Crippen LogP contribution in [0.25, 0.3) is 0 Å². The summed E-state index contributed by atoms with van der Waals surface area (Å²) < 4.78 is 0. The van der Waals surface area contributed by atoms with Gasteiger partial charge in [-0.2, -0.15) is 11.3 Å². The highest BCUT2D eigenvalue weighted by molar-refractivity contribution is 7.07. The maximum absolute atomic E-state index is 10.7. The summed E-state index contributed by atoms with van der Waals surface area (Å²) in [5.41, 5.74) is 1.32. The molecule has 1 aliphatic carbocycles. The number of aliphatic carboxylic acids is 1. The highest BCUT2D eigenvalue weighted by Gasteiger charge is 2.29. The molecule has 0 aromatic carbocycles. The number of rotatable bonds is 6.